The predicted octanol–water partition coefficient (Wildman–Crippen LogP) is 5.66. The molecule has 4 aromatic rings. The standard InChI is InChI=1S/C24H19ClN2O3/c25-19-11-9-17(10-12-19)21-16-27-22(29-21)13-14-23(28)30-24(18-6-2-1-3-7-18)20-8-4-5-15-26-20/h1-12,15-16,24H,13-14H2. The summed E-state index contributed by atoms with van der Waals surface area (Å²) in [7, 11) is 0. The van der Waals surface area contributed by atoms with Crippen LogP contribution in [0, 0.1) is 0 Å². The summed E-state index contributed by atoms with van der Waals surface area (Å²) in [5.41, 5.74) is 2.42. The molecule has 30 heavy (non-hydrogen) atoms. The van der Waals surface area contributed by atoms with Crippen molar-refractivity contribution in [2.24, 2.45) is 0 Å². The quantitative estimate of drug-likeness (QED) is 0.362. The lowest BCUT2D eigenvalue weighted by Gasteiger charge is -2.17. The molecule has 150 valence electrons. The van der Waals surface area contributed by atoms with Crippen LogP contribution in [-0.4, -0.2) is 15.9 Å². The van der Waals surface area contributed by atoms with Crippen molar-refractivity contribution in [1.29, 1.82) is 0 Å². The average molecular weight is 419 g/mol. The first-order chi connectivity index (χ1) is 14.7. The number of hydrogen-bond acceptors (Lipinski definition) is 5. The molecule has 0 aliphatic carbocycles. The molecule has 0 bridgehead atoms. The molecule has 0 aliphatic heterocycles. The second-order valence-corrected chi connectivity index (χ2v) is 7.10. The maximum Gasteiger partial charge on any atom is 0.307 e. The third-order valence-electron chi connectivity index (χ3n) is 4.53. The molecule has 0 aliphatic rings. The van der Waals surface area contributed by atoms with Crippen molar-refractivity contribution in [2.75, 3.05) is 0 Å². The van der Waals surface area contributed by atoms with Crippen LogP contribution >= 0.6 is 11.6 Å². The van der Waals surface area contributed by atoms with Crippen LogP contribution in [0.3, 0.4) is 0 Å². The van der Waals surface area contributed by atoms with Gasteiger partial charge >= 0.3 is 5.97 Å². The molecule has 0 spiro atoms. The lowest BCUT2D eigenvalue weighted by atomic mass is 10.1. The summed E-state index contributed by atoms with van der Waals surface area (Å²) in [6.07, 6.45) is 3.26. The number of carbonyl (C=O) groups is 1. The molecule has 0 saturated carbocycles. The molecule has 2 aromatic carbocycles. The van der Waals surface area contributed by atoms with Gasteiger partial charge in [-0.1, -0.05) is 48.0 Å². The Labute approximate surface area is 179 Å². The molecular formula is C24H19ClN2O3. The van der Waals surface area contributed by atoms with E-state index in [0.29, 0.717) is 28.8 Å². The van der Waals surface area contributed by atoms with Crippen LogP contribution < -0.4 is 0 Å². The van der Waals surface area contributed by atoms with E-state index >= 15 is 0 Å². The fourth-order valence-electron chi connectivity index (χ4n) is 3.03. The zero-order valence-electron chi connectivity index (χ0n) is 16.1. The normalized spacial score (nSPS) is 11.8. The van der Waals surface area contributed by atoms with Crippen molar-refractivity contribution < 1.29 is 13.9 Å². The molecule has 0 N–H and O–H groups in total. The van der Waals surface area contributed by atoms with Gasteiger partial charge in [-0.2, -0.15) is 0 Å². The minimum absolute atomic E-state index is 0.150. The summed E-state index contributed by atoms with van der Waals surface area (Å²) in [4.78, 5) is 21.2. The van der Waals surface area contributed by atoms with E-state index in [4.69, 9.17) is 20.8 Å². The third kappa shape index (κ3) is 4.93. The van der Waals surface area contributed by atoms with Crippen molar-refractivity contribution in [3.8, 4) is 11.3 Å². The molecule has 2 heterocycles. The van der Waals surface area contributed by atoms with Crippen LogP contribution in [-0.2, 0) is 16.0 Å². The highest BCUT2D eigenvalue weighted by atomic mass is 35.5. The van der Waals surface area contributed by atoms with Crippen LogP contribution in [0.15, 0.2) is 89.6 Å². The Morgan fingerprint density at radius 3 is 2.47 bits per heavy atom. The fraction of sp³-hybridized carbons (Fsp3) is 0.125. The van der Waals surface area contributed by atoms with E-state index in [9.17, 15) is 4.79 Å². The summed E-state index contributed by atoms with van der Waals surface area (Å²) in [5, 5.41) is 0.655. The number of oxazole rings is 1. The fourth-order valence-corrected chi connectivity index (χ4v) is 3.16. The van der Waals surface area contributed by atoms with Crippen molar-refractivity contribution in [1.82, 2.24) is 9.97 Å². The zero-order valence-corrected chi connectivity index (χ0v) is 16.8. The minimum Gasteiger partial charge on any atom is -0.451 e. The number of nitrogens with zero attached hydrogens (tertiary/aromatic N) is 2. The van der Waals surface area contributed by atoms with Crippen LogP contribution in [0.4, 0.5) is 0 Å². The van der Waals surface area contributed by atoms with E-state index in [1.54, 1.807) is 24.5 Å². The molecule has 6 heteroatoms. The topological polar surface area (TPSA) is 65.2 Å². The Morgan fingerprint density at radius 1 is 0.967 bits per heavy atom. The van der Waals surface area contributed by atoms with Crippen molar-refractivity contribution in [2.45, 2.75) is 18.9 Å². The Hall–Kier alpha value is -3.44. The molecule has 0 fully saturated rings. The smallest absolute Gasteiger partial charge is 0.307 e. The van der Waals surface area contributed by atoms with Gasteiger partial charge in [-0.15, -0.1) is 0 Å². The van der Waals surface area contributed by atoms with E-state index in [1.807, 2.05) is 60.7 Å². The molecule has 1 atom stereocenters. The van der Waals surface area contributed by atoms with E-state index in [0.717, 1.165) is 11.1 Å². The third-order valence-corrected chi connectivity index (χ3v) is 4.79. The first kappa shape index (κ1) is 19.9. The number of hydrogen-bond donors (Lipinski definition) is 0. The number of aryl methyl sites for hydroxylation is 1. The van der Waals surface area contributed by atoms with Gasteiger partial charge in [0, 0.05) is 23.2 Å². The number of carbonyl (C=O) groups excluding carboxylic acids is 1. The number of rotatable bonds is 7. The number of pyridine rings is 1. The average Bonchev–Trinajstić information content (AvgIpc) is 3.27. The van der Waals surface area contributed by atoms with Gasteiger partial charge in [-0.25, -0.2) is 4.98 Å². The largest absolute Gasteiger partial charge is 0.451 e. The van der Waals surface area contributed by atoms with Gasteiger partial charge < -0.3 is 9.15 Å². The van der Waals surface area contributed by atoms with Crippen molar-refractivity contribution in [3.63, 3.8) is 0 Å². The van der Waals surface area contributed by atoms with E-state index in [-0.39, 0.29) is 12.4 Å². The van der Waals surface area contributed by atoms with Gasteiger partial charge in [0.2, 0.25) is 0 Å². The number of aromatic nitrogens is 2. The van der Waals surface area contributed by atoms with Crippen molar-refractivity contribution in [3.05, 3.63) is 107 Å². The van der Waals surface area contributed by atoms with Gasteiger partial charge in [-0.3, -0.25) is 9.78 Å². The number of halogens is 1. The molecule has 2 aromatic heterocycles. The van der Waals surface area contributed by atoms with Gasteiger partial charge in [0.05, 0.1) is 18.3 Å². The summed E-state index contributed by atoms with van der Waals surface area (Å²) in [5.74, 6) is 0.762. The molecule has 0 amide bonds. The van der Waals surface area contributed by atoms with E-state index < -0.39 is 6.10 Å². The Bertz CT molecular complexity index is 1060. The highest BCUT2D eigenvalue weighted by Crippen LogP contribution is 2.26. The van der Waals surface area contributed by atoms with Crippen LogP contribution in [0.2, 0.25) is 5.02 Å². The maximum absolute atomic E-state index is 12.6. The molecule has 5 nitrogen and oxygen atoms in total. The van der Waals surface area contributed by atoms with Crippen LogP contribution in [0.1, 0.15) is 29.7 Å². The first-order valence-electron chi connectivity index (χ1n) is 9.55. The lowest BCUT2D eigenvalue weighted by molar-refractivity contribution is -0.147. The molecule has 4 rings (SSSR count). The van der Waals surface area contributed by atoms with Crippen molar-refractivity contribution >= 4 is 17.6 Å². The number of benzene rings is 2. The highest BCUT2D eigenvalue weighted by molar-refractivity contribution is 6.30. The highest BCUT2D eigenvalue weighted by Gasteiger charge is 2.20. The SMILES string of the molecule is O=C(CCc1ncc(-c2ccc(Cl)cc2)o1)OC(c1ccccc1)c1ccccn1. The molecule has 0 saturated heterocycles. The Morgan fingerprint density at radius 2 is 1.73 bits per heavy atom. The molecule has 0 radical (unpaired) electrons. The second kappa shape index (κ2) is 9.37. The van der Waals surface area contributed by atoms with Crippen LogP contribution in [0.25, 0.3) is 11.3 Å². The predicted molar refractivity (Wildman–Crippen MR) is 114 cm³/mol. The van der Waals surface area contributed by atoms with E-state index in [1.165, 1.54) is 0 Å². The minimum atomic E-state index is -0.561. The summed E-state index contributed by atoms with van der Waals surface area (Å²) in [6.45, 7) is 0. The van der Waals surface area contributed by atoms with Gasteiger partial charge in [0.15, 0.2) is 17.8 Å². The summed E-state index contributed by atoms with van der Waals surface area (Å²) in [6, 6.07) is 22.4. The van der Waals surface area contributed by atoms with Gasteiger partial charge in [0.1, 0.15) is 0 Å². The molecule has 1 unspecified atom stereocenters. The first-order valence-corrected chi connectivity index (χ1v) is 9.93. The van der Waals surface area contributed by atoms with Gasteiger partial charge in [0.25, 0.3) is 0 Å². The zero-order chi connectivity index (χ0) is 20.8. The van der Waals surface area contributed by atoms with E-state index in [2.05, 4.69) is 9.97 Å². The summed E-state index contributed by atoms with van der Waals surface area (Å²) >= 11 is 5.92. The number of esters is 1. The lowest BCUT2D eigenvalue weighted by Crippen LogP contribution is -2.14. The monoisotopic (exact) mass is 418 g/mol. The van der Waals surface area contributed by atoms with Crippen LogP contribution in [0.5, 0.6) is 0 Å². The molecular weight excluding hydrogens is 400 g/mol. The van der Waals surface area contributed by atoms with Gasteiger partial charge in [-0.05, 0) is 42.0 Å². The Balaban J connectivity index is 1.41. The summed E-state index contributed by atoms with van der Waals surface area (Å²) < 4.78 is 11.5. The Kier molecular flexibility index (Phi) is 6.20. The number of ether oxygens (including phenoxy) is 1. The second-order valence-electron chi connectivity index (χ2n) is 6.66. The maximum atomic E-state index is 12.6.